The van der Waals surface area contributed by atoms with Crippen molar-refractivity contribution in [2.24, 2.45) is 0 Å². The zero-order valence-electron chi connectivity index (χ0n) is 14.4. The molecule has 0 aliphatic rings. The molecular formula is C18H20N4O2S. The third kappa shape index (κ3) is 3.83. The lowest BCUT2D eigenvalue weighted by Crippen LogP contribution is -2.29. The number of hydrazine groups is 1. The molecule has 1 aromatic heterocycles. The van der Waals surface area contributed by atoms with E-state index in [0.717, 1.165) is 21.7 Å². The van der Waals surface area contributed by atoms with Crippen molar-refractivity contribution >= 4 is 38.3 Å². The van der Waals surface area contributed by atoms with Crippen molar-refractivity contribution < 1.29 is 9.53 Å². The highest BCUT2D eigenvalue weighted by Gasteiger charge is 2.10. The van der Waals surface area contributed by atoms with Crippen molar-refractivity contribution in [3.05, 3.63) is 48.0 Å². The van der Waals surface area contributed by atoms with Crippen LogP contribution >= 0.6 is 11.3 Å². The van der Waals surface area contributed by atoms with Crippen LogP contribution in [0.3, 0.4) is 0 Å². The molecule has 0 atom stereocenters. The van der Waals surface area contributed by atoms with Crippen LogP contribution in [0.4, 0.5) is 10.8 Å². The maximum atomic E-state index is 12.2. The van der Waals surface area contributed by atoms with E-state index in [1.165, 1.54) is 11.3 Å². The summed E-state index contributed by atoms with van der Waals surface area (Å²) < 4.78 is 6.58. The molecule has 0 aliphatic carbocycles. The molecule has 1 amide bonds. The first-order chi connectivity index (χ1) is 12.1. The highest BCUT2D eigenvalue weighted by atomic mass is 32.1. The molecule has 3 rings (SSSR count). The van der Waals surface area contributed by atoms with Crippen molar-refractivity contribution in [2.45, 2.75) is 6.92 Å². The second kappa shape index (κ2) is 7.40. The summed E-state index contributed by atoms with van der Waals surface area (Å²) in [4.78, 5) is 18.7. The highest BCUT2D eigenvalue weighted by Crippen LogP contribution is 2.31. The molecule has 130 valence electrons. The van der Waals surface area contributed by atoms with Crippen LogP contribution in [0.1, 0.15) is 17.3 Å². The number of benzene rings is 2. The molecule has 2 N–H and O–H groups in total. The van der Waals surface area contributed by atoms with Crippen molar-refractivity contribution in [3.63, 3.8) is 0 Å². The second-order valence-corrected chi connectivity index (χ2v) is 6.61. The molecule has 25 heavy (non-hydrogen) atoms. The topological polar surface area (TPSA) is 66.5 Å². The maximum absolute atomic E-state index is 12.2. The molecule has 0 unspecified atom stereocenters. The molecular weight excluding hydrogens is 336 g/mol. The minimum absolute atomic E-state index is 0.213. The Morgan fingerprint density at radius 1 is 1.20 bits per heavy atom. The zero-order chi connectivity index (χ0) is 17.8. The van der Waals surface area contributed by atoms with Gasteiger partial charge in [-0.25, -0.2) is 4.98 Å². The largest absolute Gasteiger partial charge is 0.492 e. The molecule has 3 aromatic rings. The average molecular weight is 356 g/mol. The number of fused-ring (bicyclic) bond motifs is 1. The van der Waals surface area contributed by atoms with Crippen molar-refractivity contribution in [2.75, 3.05) is 31.0 Å². The summed E-state index contributed by atoms with van der Waals surface area (Å²) in [6.45, 7) is 2.52. The van der Waals surface area contributed by atoms with Crippen molar-refractivity contribution in [1.82, 2.24) is 10.4 Å². The molecule has 2 aromatic carbocycles. The summed E-state index contributed by atoms with van der Waals surface area (Å²) >= 11 is 1.46. The Morgan fingerprint density at radius 2 is 1.96 bits per heavy atom. The Kier molecular flexibility index (Phi) is 5.04. The lowest BCUT2D eigenvalue weighted by molar-refractivity contribution is 0.0962. The number of nitrogens with one attached hydrogen (secondary N) is 2. The smallest absolute Gasteiger partial charge is 0.269 e. The van der Waals surface area contributed by atoms with E-state index in [4.69, 9.17) is 4.74 Å². The fourth-order valence-corrected chi connectivity index (χ4v) is 3.18. The molecule has 6 nitrogen and oxygen atoms in total. The van der Waals surface area contributed by atoms with Crippen molar-refractivity contribution in [1.29, 1.82) is 0 Å². The van der Waals surface area contributed by atoms with E-state index in [1.54, 1.807) is 12.1 Å². The third-order valence-corrected chi connectivity index (χ3v) is 4.55. The van der Waals surface area contributed by atoms with Gasteiger partial charge in [0.25, 0.3) is 5.91 Å². The molecule has 0 fully saturated rings. The number of aromatic nitrogens is 1. The quantitative estimate of drug-likeness (QED) is 0.662. The SMILES string of the molecule is CCOc1cccc2sc(NNC(=O)c3ccc(N(C)C)cc3)nc12. The van der Waals surface area contributed by atoms with Gasteiger partial charge in [-0.05, 0) is 43.3 Å². The fourth-order valence-electron chi connectivity index (χ4n) is 2.34. The number of anilines is 2. The molecule has 1 heterocycles. The molecule has 0 spiro atoms. The van der Waals surface area contributed by atoms with Gasteiger partial charge in [-0.15, -0.1) is 0 Å². The zero-order valence-corrected chi connectivity index (χ0v) is 15.2. The van der Waals surface area contributed by atoms with Gasteiger partial charge in [-0.3, -0.25) is 15.6 Å². The first kappa shape index (κ1) is 17.0. The highest BCUT2D eigenvalue weighted by molar-refractivity contribution is 7.22. The summed E-state index contributed by atoms with van der Waals surface area (Å²) in [5, 5.41) is 0.611. The number of carbonyl (C=O) groups excluding carboxylic acids is 1. The monoisotopic (exact) mass is 356 g/mol. The Morgan fingerprint density at radius 3 is 2.64 bits per heavy atom. The van der Waals surface area contributed by atoms with Gasteiger partial charge in [0.05, 0.1) is 11.3 Å². The average Bonchev–Trinajstić information content (AvgIpc) is 3.04. The first-order valence-electron chi connectivity index (χ1n) is 7.94. The van der Waals surface area contributed by atoms with Gasteiger partial charge in [-0.2, -0.15) is 0 Å². The Bertz CT molecular complexity index is 874. The van der Waals surface area contributed by atoms with E-state index in [0.29, 0.717) is 17.3 Å². The van der Waals surface area contributed by atoms with Crippen LogP contribution in [-0.2, 0) is 0 Å². The van der Waals surface area contributed by atoms with Gasteiger partial charge in [0, 0.05) is 25.3 Å². The summed E-state index contributed by atoms with van der Waals surface area (Å²) in [6.07, 6.45) is 0. The standard InChI is InChI=1S/C18H20N4O2S/c1-4-24-14-6-5-7-15-16(14)19-18(25-15)21-20-17(23)12-8-10-13(11-9-12)22(2)3/h5-11H,4H2,1-3H3,(H,19,21)(H,20,23). The molecule has 0 radical (unpaired) electrons. The molecule has 7 heteroatoms. The number of carbonyl (C=O) groups is 1. The Labute approximate surface area is 150 Å². The van der Waals surface area contributed by atoms with E-state index >= 15 is 0 Å². The van der Waals surface area contributed by atoms with Crippen LogP contribution < -0.4 is 20.5 Å². The number of hydrogen-bond donors (Lipinski definition) is 2. The maximum Gasteiger partial charge on any atom is 0.269 e. The van der Waals surface area contributed by atoms with Crippen LogP contribution in [0.15, 0.2) is 42.5 Å². The lowest BCUT2D eigenvalue weighted by Gasteiger charge is -2.12. The number of para-hydroxylation sites is 1. The van der Waals surface area contributed by atoms with E-state index in [1.807, 2.05) is 56.3 Å². The predicted molar refractivity (Wildman–Crippen MR) is 103 cm³/mol. The lowest BCUT2D eigenvalue weighted by atomic mass is 10.2. The van der Waals surface area contributed by atoms with Gasteiger partial charge >= 0.3 is 0 Å². The minimum atomic E-state index is -0.213. The van der Waals surface area contributed by atoms with Gasteiger partial charge in [0.2, 0.25) is 5.13 Å². The normalized spacial score (nSPS) is 10.5. The minimum Gasteiger partial charge on any atom is -0.492 e. The number of amides is 1. The first-order valence-corrected chi connectivity index (χ1v) is 8.76. The molecule has 0 aliphatic heterocycles. The van der Waals surface area contributed by atoms with Gasteiger partial charge < -0.3 is 9.64 Å². The van der Waals surface area contributed by atoms with Gasteiger partial charge in [-0.1, -0.05) is 17.4 Å². The molecule has 0 bridgehead atoms. The number of thiazole rings is 1. The second-order valence-electron chi connectivity index (χ2n) is 5.58. The van der Waals surface area contributed by atoms with E-state index < -0.39 is 0 Å². The van der Waals surface area contributed by atoms with Crippen LogP contribution in [0.2, 0.25) is 0 Å². The number of rotatable bonds is 6. The van der Waals surface area contributed by atoms with Crippen LogP contribution in [0.5, 0.6) is 5.75 Å². The van der Waals surface area contributed by atoms with Gasteiger partial charge in [0.1, 0.15) is 11.3 Å². The van der Waals surface area contributed by atoms with Crippen molar-refractivity contribution in [3.8, 4) is 5.75 Å². The van der Waals surface area contributed by atoms with Crippen LogP contribution in [-0.4, -0.2) is 31.6 Å². The fraction of sp³-hybridized carbons (Fsp3) is 0.222. The summed E-state index contributed by atoms with van der Waals surface area (Å²) in [7, 11) is 3.92. The number of ether oxygens (including phenoxy) is 1. The van der Waals surface area contributed by atoms with E-state index in [-0.39, 0.29) is 5.91 Å². The molecule has 0 saturated carbocycles. The Balaban J connectivity index is 1.69. The Hall–Kier alpha value is -2.80. The summed E-state index contributed by atoms with van der Waals surface area (Å²) in [5.74, 6) is 0.532. The number of nitrogens with zero attached hydrogens (tertiary/aromatic N) is 2. The number of hydrogen-bond acceptors (Lipinski definition) is 6. The third-order valence-electron chi connectivity index (χ3n) is 3.61. The molecule has 0 saturated heterocycles. The predicted octanol–water partition coefficient (Wildman–Crippen LogP) is 3.52. The van der Waals surface area contributed by atoms with Gasteiger partial charge in [0.15, 0.2) is 0 Å². The van der Waals surface area contributed by atoms with Crippen LogP contribution in [0, 0.1) is 0 Å². The van der Waals surface area contributed by atoms with E-state index in [9.17, 15) is 4.79 Å². The summed E-state index contributed by atoms with van der Waals surface area (Å²) in [6, 6.07) is 13.2. The van der Waals surface area contributed by atoms with Crippen LogP contribution in [0.25, 0.3) is 10.2 Å². The summed E-state index contributed by atoms with van der Waals surface area (Å²) in [5.41, 5.74) is 7.97. The van der Waals surface area contributed by atoms with E-state index in [2.05, 4.69) is 15.8 Å².